The van der Waals surface area contributed by atoms with Gasteiger partial charge in [0.1, 0.15) is 5.82 Å². The third kappa shape index (κ3) is 2.85. The molecule has 0 bridgehead atoms. The van der Waals surface area contributed by atoms with Gasteiger partial charge in [-0.2, -0.15) is 0 Å². The van der Waals surface area contributed by atoms with Crippen LogP contribution < -0.4 is 0 Å². The lowest BCUT2D eigenvalue weighted by Gasteiger charge is -2.24. The minimum absolute atomic E-state index is 0.0239. The first kappa shape index (κ1) is 15.7. The van der Waals surface area contributed by atoms with Crippen molar-refractivity contribution < 1.29 is 4.79 Å². The van der Waals surface area contributed by atoms with Gasteiger partial charge < -0.3 is 9.47 Å². The number of amides is 1. The molecule has 0 spiro atoms. The molecule has 126 valence electrons. The number of likely N-dealkylation sites (tertiary alicyclic amines) is 1. The Morgan fingerprint density at radius 2 is 2.04 bits per heavy atom. The normalized spacial score (nSPS) is 20.7. The van der Waals surface area contributed by atoms with Gasteiger partial charge >= 0.3 is 0 Å². The molecule has 1 saturated heterocycles. The highest BCUT2D eigenvalue weighted by Gasteiger charge is 2.35. The number of carbonyl (C=O) groups excluding carboxylic acids is 1. The van der Waals surface area contributed by atoms with Gasteiger partial charge in [-0.25, -0.2) is 0 Å². The maximum atomic E-state index is 12.9. The fourth-order valence-electron chi connectivity index (χ4n) is 3.73. The predicted octanol–water partition coefficient (Wildman–Crippen LogP) is 3.14. The molecule has 4 rings (SSSR count). The summed E-state index contributed by atoms with van der Waals surface area (Å²) >= 11 is 3.39. The Balaban J connectivity index is 1.64. The maximum absolute atomic E-state index is 12.9. The third-order valence-electron chi connectivity index (χ3n) is 4.90. The number of aromatic nitrogens is 4. The summed E-state index contributed by atoms with van der Waals surface area (Å²) in [5, 5.41) is 8.86. The van der Waals surface area contributed by atoms with E-state index in [9.17, 15) is 4.79 Å². The molecule has 24 heavy (non-hydrogen) atoms. The van der Waals surface area contributed by atoms with E-state index in [4.69, 9.17) is 0 Å². The van der Waals surface area contributed by atoms with E-state index in [2.05, 4.69) is 35.7 Å². The first-order chi connectivity index (χ1) is 11.7. The highest BCUT2D eigenvalue weighted by Crippen LogP contribution is 2.33. The summed E-state index contributed by atoms with van der Waals surface area (Å²) in [4.78, 5) is 19.0. The quantitative estimate of drug-likeness (QED) is 0.791. The summed E-state index contributed by atoms with van der Waals surface area (Å²) in [5.41, 5.74) is 0.617. The van der Waals surface area contributed by atoms with Crippen LogP contribution >= 0.6 is 15.9 Å². The van der Waals surface area contributed by atoms with Crippen LogP contribution in [0, 0.1) is 0 Å². The SMILES string of the molecule is O=C(c1cncc(Br)c1)N1CCC[C@H]1c1nnc2n1CCCCC2. The Kier molecular flexibility index (Phi) is 4.35. The van der Waals surface area contributed by atoms with Gasteiger partial charge in [0.25, 0.3) is 5.91 Å². The van der Waals surface area contributed by atoms with Crippen molar-refractivity contribution in [1.29, 1.82) is 0 Å². The lowest BCUT2D eigenvalue weighted by molar-refractivity contribution is 0.0726. The summed E-state index contributed by atoms with van der Waals surface area (Å²) in [5.74, 6) is 2.06. The highest BCUT2D eigenvalue weighted by molar-refractivity contribution is 9.10. The first-order valence-electron chi connectivity index (χ1n) is 8.57. The Morgan fingerprint density at radius 3 is 2.92 bits per heavy atom. The summed E-state index contributed by atoms with van der Waals surface area (Å²) in [6.45, 7) is 1.73. The Bertz CT molecular complexity index is 759. The highest BCUT2D eigenvalue weighted by atomic mass is 79.9. The number of nitrogens with zero attached hydrogens (tertiary/aromatic N) is 5. The molecule has 0 aromatic carbocycles. The predicted molar refractivity (Wildman–Crippen MR) is 92.5 cm³/mol. The van der Waals surface area contributed by atoms with Crippen LogP contribution in [0.25, 0.3) is 0 Å². The lowest BCUT2D eigenvalue weighted by atomic mass is 10.2. The van der Waals surface area contributed by atoms with Crippen LogP contribution in [0.1, 0.15) is 60.2 Å². The second-order valence-electron chi connectivity index (χ2n) is 6.49. The smallest absolute Gasteiger partial charge is 0.256 e. The molecule has 1 atom stereocenters. The number of carbonyl (C=O) groups is 1. The zero-order chi connectivity index (χ0) is 16.5. The molecule has 0 aliphatic carbocycles. The minimum Gasteiger partial charge on any atom is -0.328 e. The van der Waals surface area contributed by atoms with Gasteiger partial charge in [-0.05, 0) is 47.7 Å². The molecule has 6 nitrogen and oxygen atoms in total. The van der Waals surface area contributed by atoms with Gasteiger partial charge in [0, 0.05) is 36.4 Å². The average molecular weight is 390 g/mol. The molecule has 2 aliphatic rings. The number of rotatable bonds is 2. The van der Waals surface area contributed by atoms with Gasteiger partial charge in [-0.3, -0.25) is 9.78 Å². The van der Waals surface area contributed by atoms with Crippen molar-refractivity contribution >= 4 is 21.8 Å². The van der Waals surface area contributed by atoms with E-state index >= 15 is 0 Å². The zero-order valence-electron chi connectivity index (χ0n) is 13.5. The molecule has 0 N–H and O–H groups in total. The fourth-order valence-corrected chi connectivity index (χ4v) is 4.09. The zero-order valence-corrected chi connectivity index (χ0v) is 15.1. The molecule has 0 saturated carbocycles. The van der Waals surface area contributed by atoms with Gasteiger partial charge in [0.2, 0.25) is 0 Å². The van der Waals surface area contributed by atoms with Crippen LogP contribution in [0.5, 0.6) is 0 Å². The van der Waals surface area contributed by atoms with E-state index < -0.39 is 0 Å². The number of aryl methyl sites for hydroxylation is 1. The Labute approximate surface area is 149 Å². The van der Waals surface area contributed by atoms with Crippen molar-refractivity contribution in [3.05, 3.63) is 40.1 Å². The van der Waals surface area contributed by atoms with Crippen LogP contribution in [-0.2, 0) is 13.0 Å². The molecule has 4 heterocycles. The van der Waals surface area contributed by atoms with Crippen molar-refractivity contribution in [3.63, 3.8) is 0 Å². The topological polar surface area (TPSA) is 63.9 Å². The molecule has 2 aromatic rings. The molecular formula is C17H20BrN5O. The monoisotopic (exact) mass is 389 g/mol. The average Bonchev–Trinajstić information content (AvgIpc) is 3.15. The number of hydrogen-bond donors (Lipinski definition) is 0. The summed E-state index contributed by atoms with van der Waals surface area (Å²) in [6.07, 6.45) is 9.83. The van der Waals surface area contributed by atoms with Gasteiger partial charge in [0.15, 0.2) is 5.82 Å². The van der Waals surface area contributed by atoms with Crippen LogP contribution in [0.15, 0.2) is 22.9 Å². The van der Waals surface area contributed by atoms with Crippen molar-refractivity contribution in [2.24, 2.45) is 0 Å². The van der Waals surface area contributed by atoms with Crippen LogP contribution in [0.4, 0.5) is 0 Å². The van der Waals surface area contributed by atoms with Crippen molar-refractivity contribution in [2.75, 3.05) is 6.54 Å². The van der Waals surface area contributed by atoms with Gasteiger partial charge in [0.05, 0.1) is 11.6 Å². The standard InChI is InChI=1S/C17H20BrN5O/c18-13-9-12(10-19-11-13)17(24)22-8-4-5-14(22)16-21-20-15-6-2-1-3-7-23(15)16/h9-11,14H,1-8H2/t14-/m0/s1. The minimum atomic E-state index is 0.0239. The lowest BCUT2D eigenvalue weighted by Crippen LogP contribution is -2.32. The van der Waals surface area contributed by atoms with Crippen LogP contribution in [0.2, 0.25) is 0 Å². The Hall–Kier alpha value is -1.76. The number of fused-ring (bicyclic) bond motifs is 1. The van der Waals surface area contributed by atoms with Gasteiger partial charge in [-0.1, -0.05) is 6.42 Å². The van der Waals surface area contributed by atoms with E-state index in [1.165, 1.54) is 12.8 Å². The van der Waals surface area contributed by atoms with E-state index in [-0.39, 0.29) is 11.9 Å². The Morgan fingerprint density at radius 1 is 1.12 bits per heavy atom. The molecule has 0 unspecified atom stereocenters. The maximum Gasteiger partial charge on any atom is 0.256 e. The van der Waals surface area contributed by atoms with E-state index in [1.807, 2.05) is 11.0 Å². The summed E-state index contributed by atoms with van der Waals surface area (Å²) in [6, 6.07) is 1.85. The summed E-state index contributed by atoms with van der Waals surface area (Å²) < 4.78 is 3.07. The molecular weight excluding hydrogens is 370 g/mol. The largest absolute Gasteiger partial charge is 0.328 e. The van der Waals surface area contributed by atoms with Gasteiger partial charge in [-0.15, -0.1) is 10.2 Å². The van der Waals surface area contributed by atoms with E-state index in [0.717, 1.165) is 54.9 Å². The second-order valence-corrected chi connectivity index (χ2v) is 7.40. The number of hydrogen-bond acceptors (Lipinski definition) is 4. The fraction of sp³-hybridized carbons (Fsp3) is 0.529. The van der Waals surface area contributed by atoms with E-state index in [0.29, 0.717) is 5.56 Å². The van der Waals surface area contributed by atoms with Crippen molar-refractivity contribution in [2.45, 2.75) is 51.1 Å². The van der Waals surface area contributed by atoms with E-state index in [1.54, 1.807) is 12.4 Å². The molecule has 1 fully saturated rings. The number of pyridine rings is 1. The van der Waals surface area contributed by atoms with Crippen LogP contribution in [-0.4, -0.2) is 37.1 Å². The molecule has 1 amide bonds. The van der Waals surface area contributed by atoms with Crippen molar-refractivity contribution in [3.8, 4) is 0 Å². The van der Waals surface area contributed by atoms with Crippen molar-refractivity contribution in [1.82, 2.24) is 24.6 Å². The molecule has 2 aliphatic heterocycles. The summed E-state index contributed by atoms with van der Waals surface area (Å²) in [7, 11) is 0. The molecule has 0 radical (unpaired) electrons. The van der Waals surface area contributed by atoms with Crippen LogP contribution in [0.3, 0.4) is 0 Å². The first-order valence-corrected chi connectivity index (χ1v) is 9.37. The molecule has 2 aromatic heterocycles. The third-order valence-corrected chi connectivity index (χ3v) is 5.34. The number of halogens is 1. The molecule has 7 heteroatoms. The second kappa shape index (κ2) is 6.63.